The molecule has 3 heterocycles. The summed E-state index contributed by atoms with van der Waals surface area (Å²) in [5.74, 6) is 0.322. The maximum atomic E-state index is 13.6. The van der Waals surface area contributed by atoms with Crippen molar-refractivity contribution in [1.29, 1.82) is 0 Å². The van der Waals surface area contributed by atoms with E-state index in [9.17, 15) is 9.18 Å². The highest BCUT2D eigenvalue weighted by molar-refractivity contribution is 6.30. The van der Waals surface area contributed by atoms with Gasteiger partial charge in [0.1, 0.15) is 29.7 Å². The summed E-state index contributed by atoms with van der Waals surface area (Å²) < 4.78 is 13.6. The molecule has 0 saturated carbocycles. The van der Waals surface area contributed by atoms with Gasteiger partial charge < -0.3 is 20.5 Å². The molecule has 1 aliphatic rings. The molecule has 7 nitrogen and oxygen atoms in total. The number of nitrogens with one attached hydrogen (secondary N) is 3. The SMILES string of the molecule is CC[C@@H](Nc1cc(F)cc(Cl)c1)C(=O)N[C@@H]1CCCN(c2ncnc3[nH]ccc23)C1. The zero-order valence-corrected chi connectivity index (χ0v) is 17.4. The van der Waals surface area contributed by atoms with Crippen LogP contribution in [0.25, 0.3) is 11.0 Å². The van der Waals surface area contributed by atoms with Gasteiger partial charge in [-0.25, -0.2) is 14.4 Å². The fourth-order valence-electron chi connectivity index (χ4n) is 3.89. The number of benzene rings is 1. The number of carbonyl (C=O) groups excluding carboxylic acids is 1. The molecule has 30 heavy (non-hydrogen) atoms. The summed E-state index contributed by atoms with van der Waals surface area (Å²) in [6.45, 7) is 3.46. The van der Waals surface area contributed by atoms with Crippen molar-refractivity contribution in [3.05, 3.63) is 47.6 Å². The second-order valence-corrected chi connectivity index (χ2v) is 7.93. The highest BCUT2D eigenvalue weighted by Crippen LogP contribution is 2.25. The number of rotatable bonds is 6. The monoisotopic (exact) mass is 430 g/mol. The molecule has 0 aliphatic carbocycles. The van der Waals surface area contributed by atoms with E-state index in [1.165, 1.54) is 12.1 Å². The van der Waals surface area contributed by atoms with Crippen molar-refractivity contribution in [1.82, 2.24) is 20.3 Å². The minimum absolute atomic E-state index is 0.00199. The van der Waals surface area contributed by atoms with Gasteiger partial charge in [-0.1, -0.05) is 18.5 Å². The molecule has 4 rings (SSSR count). The molecule has 0 bridgehead atoms. The Labute approximate surface area is 179 Å². The smallest absolute Gasteiger partial charge is 0.242 e. The number of fused-ring (bicyclic) bond motifs is 1. The fourth-order valence-corrected chi connectivity index (χ4v) is 4.11. The number of halogens is 2. The third kappa shape index (κ3) is 4.48. The van der Waals surface area contributed by atoms with Gasteiger partial charge >= 0.3 is 0 Å². The van der Waals surface area contributed by atoms with Gasteiger partial charge in [-0.3, -0.25) is 4.79 Å². The minimum atomic E-state index is -0.478. The zero-order valence-electron chi connectivity index (χ0n) is 16.7. The van der Waals surface area contributed by atoms with Gasteiger partial charge in [0, 0.05) is 36.0 Å². The highest BCUT2D eigenvalue weighted by atomic mass is 35.5. The lowest BCUT2D eigenvalue weighted by molar-refractivity contribution is -0.122. The normalized spacial score (nSPS) is 17.7. The van der Waals surface area contributed by atoms with Gasteiger partial charge in [0.25, 0.3) is 0 Å². The Morgan fingerprint density at radius 3 is 3.07 bits per heavy atom. The first-order valence-corrected chi connectivity index (χ1v) is 10.5. The predicted octanol–water partition coefficient (Wildman–Crippen LogP) is 3.73. The molecule has 0 unspecified atom stereocenters. The largest absolute Gasteiger partial charge is 0.374 e. The lowest BCUT2D eigenvalue weighted by Crippen LogP contribution is -2.51. The first-order valence-electron chi connectivity index (χ1n) is 10.1. The molecule has 9 heteroatoms. The third-order valence-corrected chi connectivity index (χ3v) is 5.55. The summed E-state index contributed by atoms with van der Waals surface area (Å²) in [7, 11) is 0. The molecule has 3 aromatic rings. The lowest BCUT2D eigenvalue weighted by atomic mass is 10.0. The number of amides is 1. The van der Waals surface area contributed by atoms with Gasteiger partial charge in [0.2, 0.25) is 5.91 Å². The van der Waals surface area contributed by atoms with E-state index >= 15 is 0 Å². The molecule has 1 aliphatic heterocycles. The first-order chi connectivity index (χ1) is 14.5. The number of carbonyl (C=O) groups is 1. The summed E-state index contributed by atoms with van der Waals surface area (Å²) in [4.78, 5) is 26.9. The molecule has 1 saturated heterocycles. The average Bonchev–Trinajstić information content (AvgIpc) is 3.20. The number of hydrogen-bond donors (Lipinski definition) is 3. The van der Waals surface area contributed by atoms with Crippen LogP contribution in [0.15, 0.2) is 36.8 Å². The Balaban J connectivity index is 1.42. The van der Waals surface area contributed by atoms with Gasteiger partial charge in [0.05, 0.1) is 5.39 Å². The van der Waals surface area contributed by atoms with Crippen LogP contribution in [0.4, 0.5) is 15.9 Å². The topological polar surface area (TPSA) is 85.9 Å². The number of aromatic nitrogens is 3. The summed E-state index contributed by atoms with van der Waals surface area (Å²) >= 11 is 5.92. The molecule has 3 N–H and O–H groups in total. The number of H-pyrrole nitrogens is 1. The van der Waals surface area contributed by atoms with Crippen LogP contribution in [0.5, 0.6) is 0 Å². The van der Waals surface area contributed by atoms with Crippen LogP contribution >= 0.6 is 11.6 Å². The molecule has 0 spiro atoms. The van der Waals surface area contributed by atoms with Gasteiger partial charge in [-0.2, -0.15) is 0 Å². The van der Waals surface area contributed by atoms with E-state index in [1.54, 1.807) is 12.4 Å². The third-order valence-electron chi connectivity index (χ3n) is 5.33. The number of aromatic amines is 1. The molecule has 2 aromatic heterocycles. The number of piperidine rings is 1. The van der Waals surface area contributed by atoms with Crippen LogP contribution in [0.3, 0.4) is 0 Å². The Morgan fingerprint density at radius 1 is 1.40 bits per heavy atom. The second kappa shape index (κ2) is 8.87. The number of nitrogens with zero attached hydrogens (tertiary/aromatic N) is 3. The van der Waals surface area contributed by atoms with Crippen LogP contribution in [-0.2, 0) is 4.79 Å². The quantitative estimate of drug-likeness (QED) is 0.554. The van der Waals surface area contributed by atoms with Crippen molar-refractivity contribution in [2.45, 2.75) is 38.3 Å². The maximum Gasteiger partial charge on any atom is 0.242 e. The Bertz CT molecular complexity index is 1020. The van der Waals surface area contributed by atoms with E-state index in [4.69, 9.17) is 11.6 Å². The van der Waals surface area contributed by atoms with E-state index in [0.717, 1.165) is 36.2 Å². The summed E-state index contributed by atoms with van der Waals surface area (Å²) in [6, 6.07) is 5.67. The Morgan fingerprint density at radius 2 is 2.27 bits per heavy atom. The Kier molecular flexibility index (Phi) is 6.03. The van der Waals surface area contributed by atoms with Crippen molar-refractivity contribution >= 4 is 40.0 Å². The van der Waals surface area contributed by atoms with Gasteiger partial charge in [-0.15, -0.1) is 0 Å². The molecular weight excluding hydrogens is 407 g/mol. The van der Waals surface area contributed by atoms with Gasteiger partial charge in [0.15, 0.2) is 0 Å². The van der Waals surface area contributed by atoms with Crippen LogP contribution < -0.4 is 15.5 Å². The minimum Gasteiger partial charge on any atom is -0.374 e. The van der Waals surface area contributed by atoms with Crippen molar-refractivity contribution in [3.8, 4) is 0 Å². The van der Waals surface area contributed by atoms with Crippen LogP contribution in [-0.4, -0.2) is 46.0 Å². The van der Waals surface area contributed by atoms with Crippen LogP contribution in [0, 0.1) is 5.82 Å². The summed E-state index contributed by atoms with van der Waals surface area (Å²) in [5, 5.41) is 7.49. The van der Waals surface area contributed by atoms with E-state index in [1.807, 2.05) is 19.2 Å². The molecular formula is C21H24ClFN6O. The fraction of sp³-hybridized carbons (Fsp3) is 0.381. The molecule has 158 valence electrons. The van der Waals surface area contributed by atoms with Crippen LogP contribution in [0.1, 0.15) is 26.2 Å². The Hall–Kier alpha value is -2.87. The number of hydrogen-bond acceptors (Lipinski definition) is 5. The molecule has 1 aromatic carbocycles. The lowest BCUT2D eigenvalue weighted by Gasteiger charge is -2.35. The van der Waals surface area contributed by atoms with E-state index in [0.29, 0.717) is 18.7 Å². The molecule has 1 fully saturated rings. The average molecular weight is 431 g/mol. The van der Waals surface area contributed by atoms with E-state index < -0.39 is 11.9 Å². The van der Waals surface area contributed by atoms with E-state index in [2.05, 4.69) is 30.5 Å². The standard InChI is InChI=1S/C21H24ClFN6O/c1-2-18(27-16-9-13(22)8-14(23)10-16)21(30)28-15-4-3-7-29(11-15)20-17-5-6-24-19(17)25-12-26-20/h5-6,8-10,12,15,18,27H,2-4,7,11H2,1H3,(H,28,30)(H,24,25,26)/t15-,18-/m1/s1. The van der Waals surface area contributed by atoms with Gasteiger partial charge in [-0.05, 0) is 43.5 Å². The van der Waals surface area contributed by atoms with E-state index in [-0.39, 0.29) is 17.0 Å². The highest BCUT2D eigenvalue weighted by Gasteiger charge is 2.26. The van der Waals surface area contributed by atoms with Crippen molar-refractivity contribution < 1.29 is 9.18 Å². The molecule has 2 atom stereocenters. The number of anilines is 2. The summed E-state index contributed by atoms with van der Waals surface area (Å²) in [6.07, 6.45) is 5.81. The molecule has 0 radical (unpaired) electrons. The van der Waals surface area contributed by atoms with Crippen molar-refractivity contribution in [2.24, 2.45) is 0 Å². The van der Waals surface area contributed by atoms with Crippen molar-refractivity contribution in [3.63, 3.8) is 0 Å². The zero-order chi connectivity index (χ0) is 21.1. The van der Waals surface area contributed by atoms with Crippen LogP contribution in [0.2, 0.25) is 5.02 Å². The first kappa shape index (κ1) is 20.4. The summed E-state index contributed by atoms with van der Waals surface area (Å²) in [5.41, 5.74) is 1.29. The predicted molar refractivity (Wildman–Crippen MR) is 116 cm³/mol. The second-order valence-electron chi connectivity index (χ2n) is 7.49. The molecule has 1 amide bonds. The maximum absolute atomic E-state index is 13.6. The van der Waals surface area contributed by atoms with Crippen molar-refractivity contribution in [2.75, 3.05) is 23.3 Å².